The van der Waals surface area contributed by atoms with Crippen molar-refractivity contribution in [1.82, 2.24) is 0 Å². The maximum absolute atomic E-state index is 11.6. The van der Waals surface area contributed by atoms with Crippen LogP contribution in [0.4, 0.5) is 0 Å². The highest BCUT2D eigenvalue weighted by molar-refractivity contribution is 7.80. The minimum absolute atomic E-state index is 0.201. The molecular formula is C14H22OS. The standard InChI is InChI=1S/C11H14OS.C3H8/c1-2-9-5-3-4-6-10(9)11(12)7-8-13;1-3-2/h3-6,13H,2,7-8H2,1H3;3H2,1-2H3. The zero-order chi connectivity index (χ0) is 12.4. The number of ketones is 1. The maximum Gasteiger partial charge on any atom is 0.163 e. The summed E-state index contributed by atoms with van der Waals surface area (Å²) in [6.45, 7) is 6.31. The Morgan fingerprint density at radius 1 is 1.19 bits per heavy atom. The van der Waals surface area contributed by atoms with E-state index in [1.165, 1.54) is 6.42 Å². The number of aryl methyl sites for hydroxylation is 1. The molecule has 0 saturated heterocycles. The molecule has 0 spiro atoms. The van der Waals surface area contributed by atoms with E-state index in [0.29, 0.717) is 12.2 Å². The summed E-state index contributed by atoms with van der Waals surface area (Å²) < 4.78 is 0. The van der Waals surface area contributed by atoms with Gasteiger partial charge in [0, 0.05) is 12.0 Å². The van der Waals surface area contributed by atoms with Crippen molar-refractivity contribution in [3.05, 3.63) is 35.4 Å². The normalized spacial score (nSPS) is 9.25. The fourth-order valence-electron chi connectivity index (χ4n) is 1.34. The van der Waals surface area contributed by atoms with Gasteiger partial charge in [-0.2, -0.15) is 12.6 Å². The van der Waals surface area contributed by atoms with Crippen LogP contribution in [0.25, 0.3) is 0 Å². The first kappa shape index (κ1) is 15.2. The molecule has 0 amide bonds. The van der Waals surface area contributed by atoms with E-state index in [9.17, 15) is 4.79 Å². The van der Waals surface area contributed by atoms with Crippen LogP contribution in [0, 0.1) is 0 Å². The van der Waals surface area contributed by atoms with Crippen molar-refractivity contribution in [2.75, 3.05) is 5.75 Å². The smallest absolute Gasteiger partial charge is 0.163 e. The molecule has 0 aliphatic heterocycles. The molecule has 90 valence electrons. The molecule has 0 saturated carbocycles. The Morgan fingerprint density at radius 2 is 1.75 bits per heavy atom. The average Bonchev–Trinajstić information content (AvgIpc) is 2.30. The zero-order valence-electron chi connectivity index (χ0n) is 10.5. The molecule has 0 bridgehead atoms. The van der Waals surface area contributed by atoms with Crippen LogP contribution in [-0.2, 0) is 6.42 Å². The molecule has 1 rings (SSSR count). The monoisotopic (exact) mass is 238 g/mol. The van der Waals surface area contributed by atoms with E-state index in [4.69, 9.17) is 0 Å². The maximum atomic E-state index is 11.6. The van der Waals surface area contributed by atoms with Gasteiger partial charge in [0.15, 0.2) is 5.78 Å². The van der Waals surface area contributed by atoms with E-state index in [0.717, 1.165) is 17.5 Å². The molecule has 0 aliphatic carbocycles. The van der Waals surface area contributed by atoms with Gasteiger partial charge in [-0.15, -0.1) is 0 Å². The quantitative estimate of drug-likeness (QED) is 0.615. The van der Waals surface area contributed by atoms with Crippen LogP contribution in [0.5, 0.6) is 0 Å². The molecule has 0 N–H and O–H groups in total. The molecule has 16 heavy (non-hydrogen) atoms. The van der Waals surface area contributed by atoms with Crippen LogP contribution in [-0.4, -0.2) is 11.5 Å². The number of hydrogen-bond acceptors (Lipinski definition) is 2. The summed E-state index contributed by atoms with van der Waals surface area (Å²) in [5.74, 6) is 0.823. The SMILES string of the molecule is CCC.CCc1ccccc1C(=O)CCS. The molecular weight excluding hydrogens is 216 g/mol. The third-order valence-corrected chi connectivity index (χ3v) is 2.26. The second kappa shape index (κ2) is 9.46. The lowest BCUT2D eigenvalue weighted by Gasteiger charge is -2.04. The van der Waals surface area contributed by atoms with Gasteiger partial charge in [0.05, 0.1) is 0 Å². The molecule has 0 atom stereocenters. The highest BCUT2D eigenvalue weighted by atomic mass is 32.1. The molecule has 0 aromatic heterocycles. The van der Waals surface area contributed by atoms with E-state index in [-0.39, 0.29) is 5.78 Å². The summed E-state index contributed by atoms with van der Waals surface area (Å²) in [4.78, 5) is 11.6. The molecule has 1 aromatic rings. The molecule has 2 heteroatoms. The van der Waals surface area contributed by atoms with Crippen molar-refractivity contribution in [2.45, 2.75) is 40.0 Å². The van der Waals surface area contributed by atoms with E-state index < -0.39 is 0 Å². The van der Waals surface area contributed by atoms with E-state index in [2.05, 4.69) is 33.4 Å². The second-order valence-corrected chi connectivity index (χ2v) is 4.06. The first-order chi connectivity index (χ1) is 7.71. The summed E-state index contributed by atoms with van der Waals surface area (Å²) >= 11 is 4.05. The summed E-state index contributed by atoms with van der Waals surface area (Å²) in [6.07, 6.45) is 2.69. The Hall–Kier alpha value is -0.760. The van der Waals surface area contributed by atoms with Gasteiger partial charge in [-0.25, -0.2) is 0 Å². The summed E-state index contributed by atoms with van der Waals surface area (Å²) in [5.41, 5.74) is 1.99. The third kappa shape index (κ3) is 5.36. The molecule has 0 radical (unpaired) electrons. The van der Waals surface area contributed by atoms with Crippen LogP contribution < -0.4 is 0 Å². The van der Waals surface area contributed by atoms with Crippen LogP contribution >= 0.6 is 12.6 Å². The Kier molecular flexibility index (Phi) is 9.02. The van der Waals surface area contributed by atoms with Gasteiger partial charge in [0.2, 0.25) is 0 Å². The predicted octanol–water partition coefficient (Wildman–Crippen LogP) is 4.17. The van der Waals surface area contributed by atoms with Crippen molar-refractivity contribution in [3.63, 3.8) is 0 Å². The molecule has 1 nitrogen and oxygen atoms in total. The largest absolute Gasteiger partial charge is 0.294 e. The van der Waals surface area contributed by atoms with Gasteiger partial charge in [-0.05, 0) is 17.7 Å². The van der Waals surface area contributed by atoms with Crippen molar-refractivity contribution in [2.24, 2.45) is 0 Å². The van der Waals surface area contributed by atoms with Crippen LogP contribution in [0.2, 0.25) is 0 Å². The highest BCUT2D eigenvalue weighted by Gasteiger charge is 2.07. The van der Waals surface area contributed by atoms with Crippen LogP contribution in [0.1, 0.15) is 49.5 Å². The molecule has 0 fully saturated rings. The number of hydrogen-bond donors (Lipinski definition) is 1. The number of carbonyl (C=O) groups excluding carboxylic acids is 1. The van der Waals surface area contributed by atoms with E-state index >= 15 is 0 Å². The Morgan fingerprint density at radius 3 is 2.25 bits per heavy atom. The van der Waals surface area contributed by atoms with Crippen LogP contribution in [0.3, 0.4) is 0 Å². The lowest BCUT2D eigenvalue weighted by atomic mass is 10.0. The number of Topliss-reactive ketones (excluding diaryl/α,β-unsaturated/α-hetero) is 1. The van der Waals surface area contributed by atoms with Crippen molar-refractivity contribution in [3.8, 4) is 0 Å². The number of thiol groups is 1. The van der Waals surface area contributed by atoms with E-state index in [1.807, 2.05) is 24.3 Å². The minimum Gasteiger partial charge on any atom is -0.294 e. The minimum atomic E-state index is 0.201. The Bertz CT molecular complexity index is 307. The summed E-state index contributed by atoms with van der Waals surface area (Å²) in [5, 5.41) is 0. The third-order valence-electron chi connectivity index (χ3n) is 2.04. The Labute approximate surface area is 105 Å². The molecule has 0 unspecified atom stereocenters. The molecule has 0 heterocycles. The van der Waals surface area contributed by atoms with Gasteiger partial charge in [-0.3, -0.25) is 4.79 Å². The lowest BCUT2D eigenvalue weighted by molar-refractivity contribution is 0.0989. The summed E-state index contributed by atoms with van der Waals surface area (Å²) in [7, 11) is 0. The first-order valence-electron chi connectivity index (χ1n) is 5.93. The van der Waals surface area contributed by atoms with Gasteiger partial charge in [0.1, 0.15) is 0 Å². The van der Waals surface area contributed by atoms with Crippen LogP contribution in [0.15, 0.2) is 24.3 Å². The first-order valence-corrected chi connectivity index (χ1v) is 6.56. The number of benzene rings is 1. The fourth-order valence-corrected chi connectivity index (χ4v) is 1.54. The summed E-state index contributed by atoms with van der Waals surface area (Å²) in [6, 6.07) is 7.78. The van der Waals surface area contributed by atoms with E-state index in [1.54, 1.807) is 0 Å². The Balaban J connectivity index is 0.000000673. The fraction of sp³-hybridized carbons (Fsp3) is 0.500. The van der Waals surface area contributed by atoms with Gasteiger partial charge >= 0.3 is 0 Å². The lowest BCUT2D eigenvalue weighted by Crippen LogP contribution is -2.03. The molecule has 0 aliphatic rings. The van der Waals surface area contributed by atoms with Gasteiger partial charge in [-0.1, -0.05) is 51.5 Å². The second-order valence-electron chi connectivity index (χ2n) is 3.61. The highest BCUT2D eigenvalue weighted by Crippen LogP contribution is 2.11. The number of carbonyl (C=O) groups is 1. The molecule has 1 aromatic carbocycles. The van der Waals surface area contributed by atoms with Crippen molar-refractivity contribution < 1.29 is 4.79 Å². The van der Waals surface area contributed by atoms with Crippen molar-refractivity contribution in [1.29, 1.82) is 0 Å². The van der Waals surface area contributed by atoms with Gasteiger partial charge < -0.3 is 0 Å². The van der Waals surface area contributed by atoms with Crippen molar-refractivity contribution >= 4 is 18.4 Å². The average molecular weight is 238 g/mol. The topological polar surface area (TPSA) is 17.1 Å². The zero-order valence-corrected chi connectivity index (χ0v) is 11.4. The number of rotatable bonds is 4. The predicted molar refractivity (Wildman–Crippen MR) is 74.6 cm³/mol. The van der Waals surface area contributed by atoms with Gasteiger partial charge in [0.25, 0.3) is 0 Å².